The number of nitrogens with one attached hydrogen (secondary N) is 2. The standard InChI is InChI=1S/C5H8N6O.C2H6/c1-7-11-10-5-3(4(6)12)8-2-9-5;1-2/h2H,1H3,(H2,6,12)(H,7,10)(H,8,9);1-2H3. The molecule has 0 unspecified atom stereocenters. The number of aromatic amines is 1. The fourth-order valence-electron chi connectivity index (χ4n) is 0.664. The molecule has 0 saturated heterocycles. The van der Waals surface area contributed by atoms with Crippen LogP contribution in [0.15, 0.2) is 16.7 Å². The van der Waals surface area contributed by atoms with Gasteiger partial charge in [0.05, 0.1) is 13.4 Å². The molecule has 78 valence electrons. The van der Waals surface area contributed by atoms with E-state index < -0.39 is 5.91 Å². The van der Waals surface area contributed by atoms with Crippen molar-refractivity contribution in [3.8, 4) is 0 Å². The second kappa shape index (κ2) is 6.58. The highest BCUT2D eigenvalue weighted by Gasteiger charge is 2.09. The zero-order valence-corrected chi connectivity index (χ0v) is 8.40. The summed E-state index contributed by atoms with van der Waals surface area (Å²) in [5.74, 6) is -0.325. The summed E-state index contributed by atoms with van der Waals surface area (Å²) in [4.78, 5) is 17.0. The molecular formula is C7H14N6O. The quantitative estimate of drug-likeness (QED) is 0.496. The number of aromatic nitrogens is 2. The molecule has 0 spiro atoms. The topological polar surface area (TPSA) is 109 Å². The Labute approximate surface area is 81.8 Å². The fraction of sp³-hybridized carbons (Fsp3) is 0.429. The largest absolute Gasteiger partial charge is 0.364 e. The number of amides is 1. The van der Waals surface area contributed by atoms with Crippen molar-refractivity contribution in [1.82, 2.24) is 9.97 Å². The van der Waals surface area contributed by atoms with Gasteiger partial charge < -0.3 is 10.7 Å². The van der Waals surface area contributed by atoms with Crippen LogP contribution in [0.2, 0.25) is 0 Å². The van der Waals surface area contributed by atoms with E-state index in [-0.39, 0.29) is 11.5 Å². The van der Waals surface area contributed by atoms with E-state index in [0.29, 0.717) is 0 Å². The van der Waals surface area contributed by atoms with Crippen molar-refractivity contribution in [1.29, 1.82) is 0 Å². The fourth-order valence-corrected chi connectivity index (χ4v) is 0.664. The summed E-state index contributed by atoms with van der Waals surface area (Å²) < 4.78 is 0. The lowest BCUT2D eigenvalue weighted by Gasteiger charge is -1.94. The Morgan fingerprint density at radius 2 is 2.29 bits per heavy atom. The van der Waals surface area contributed by atoms with Gasteiger partial charge in [0.2, 0.25) is 0 Å². The van der Waals surface area contributed by atoms with Gasteiger partial charge in [-0.1, -0.05) is 19.1 Å². The van der Waals surface area contributed by atoms with E-state index in [9.17, 15) is 4.79 Å². The molecule has 7 heteroatoms. The Hall–Kier alpha value is -1.92. The minimum absolute atomic E-state index is 0.183. The number of nitrogens with zero attached hydrogens (tertiary/aromatic N) is 3. The van der Waals surface area contributed by atoms with Gasteiger partial charge >= 0.3 is 0 Å². The van der Waals surface area contributed by atoms with Crippen molar-refractivity contribution in [2.45, 2.75) is 13.8 Å². The molecule has 1 aromatic heterocycles. The van der Waals surface area contributed by atoms with Crippen LogP contribution in [0.4, 0.5) is 5.82 Å². The average molecular weight is 198 g/mol. The molecule has 14 heavy (non-hydrogen) atoms. The van der Waals surface area contributed by atoms with Crippen LogP contribution >= 0.6 is 0 Å². The smallest absolute Gasteiger partial charge is 0.269 e. The van der Waals surface area contributed by atoms with Crippen LogP contribution in [-0.4, -0.2) is 22.9 Å². The third-order valence-electron chi connectivity index (χ3n) is 1.14. The predicted molar refractivity (Wildman–Crippen MR) is 52.9 cm³/mol. The number of carbonyl (C=O) groups excluding carboxylic acids is 1. The zero-order valence-electron chi connectivity index (χ0n) is 8.40. The maximum atomic E-state index is 10.7. The van der Waals surface area contributed by atoms with Crippen molar-refractivity contribution < 1.29 is 4.79 Å². The number of carbonyl (C=O) groups is 1. The molecular weight excluding hydrogens is 184 g/mol. The Kier molecular flexibility index (Phi) is 5.68. The summed E-state index contributed by atoms with van der Waals surface area (Å²) in [7, 11) is 1.49. The molecule has 0 aliphatic heterocycles. The second-order valence-electron chi connectivity index (χ2n) is 1.90. The van der Waals surface area contributed by atoms with Gasteiger partial charge in [-0.25, -0.2) is 10.4 Å². The number of imidazole rings is 1. The Bertz CT molecular complexity index is 305. The van der Waals surface area contributed by atoms with Crippen LogP contribution in [0.25, 0.3) is 0 Å². The molecule has 0 saturated carbocycles. The molecule has 0 aromatic carbocycles. The monoisotopic (exact) mass is 198 g/mol. The highest BCUT2D eigenvalue weighted by Crippen LogP contribution is 2.07. The van der Waals surface area contributed by atoms with Crippen molar-refractivity contribution in [2.75, 3.05) is 12.5 Å². The van der Waals surface area contributed by atoms with Crippen LogP contribution in [0.1, 0.15) is 24.3 Å². The summed E-state index contributed by atoms with van der Waals surface area (Å²) in [5, 5.41) is 6.86. The van der Waals surface area contributed by atoms with Crippen molar-refractivity contribution in [2.24, 2.45) is 16.1 Å². The van der Waals surface area contributed by atoms with Gasteiger partial charge in [-0.05, 0) is 0 Å². The Balaban J connectivity index is 0.000000791. The molecule has 1 amide bonds. The van der Waals surface area contributed by atoms with Gasteiger partial charge in [-0.3, -0.25) is 4.79 Å². The summed E-state index contributed by atoms with van der Waals surface area (Å²) >= 11 is 0. The number of rotatable bonds is 3. The average Bonchev–Trinajstić information content (AvgIpc) is 2.66. The Morgan fingerprint density at radius 1 is 1.64 bits per heavy atom. The van der Waals surface area contributed by atoms with Gasteiger partial charge in [0.1, 0.15) is 5.69 Å². The molecule has 0 bridgehead atoms. The lowest BCUT2D eigenvalue weighted by molar-refractivity contribution is 0.0997. The molecule has 1 heterocycles. The second-order valence-corrected chi connectivity index (χ2v) is 1.90. The first-order valence-electron chi connectivity index (χ1n) is 4.13. The van der Waals surface area contributed by atoms with Crippen molar-refractivity contribution in [3.05, 3.63) is 12.0 Å². The summed E-state index contributed by atoms with van der Waals surface area (Å²) in [6, 6.07) is 0. The summed E-state index contributed by atoms with van der Waals surface area (Å²) in [6.45, 7) is 4.00. The minimum Gasteiger partial charge on any atom is -0.364 e. The highest BCUT2D eigenvalue weighted by atomic mass is 16.1. The molecule has 0 aliphatic carbocycles. The first kappa shape index (κ1) is 12.1. The lowest BCUT2D eigenvalue weighted by atomic mass is 10.4. The normalized spacial score (nSPS) is 9.36. The molecule has 7 nitrogen and oxygen atoms in total. The van der Waals surface area contributed by atoms with Gasteiger partial charge in [0, 0.05) is 0 Å². The maximum absolute atomic E-state index is 10.7. The molecule has 0 aliphatic rings. The highest BCUT2D eigenvalue weighted by molar-refractivity contribution is 5.95. The number of hydrogen-bond acceptors (Lipinski definition) is 4. The molecule has 0 fully saturated rings. The van der Waals surface area contributed by atoms with Crippen molar-refractivity contribution in [3.63, 3.8) is 0 Å². The minimum atomic E-state index is -0.596. The van der Waals surface area contributed by atoms with Crippen LogP contribution < -0.4 is 11.2 Å². The third-order valence-corrected chi connectivity index (χ3v) is 1.14. The van der Waals surface area contributed by atoms with E-state index in [1.54, 1.807) is 0 Å². The lowest BCUT2D eigenvalue weighted by Crippen LogP contribution is -2.13. The Morgan fingerprint density at radius 3 is 2.79 bits per heavy atom. The number of anilines is 1. The molecule has 4 N–H and O–H groups in total. The van der Waals surface area contributed by atoms with Crippen LogP contribution in [0.5, 0.6) is 0 Å². The van der Waals surface area contributed by atoms with E-state index in [0.717, 1.165) is 0 Å². The molecule has 0 radical (unpaired) electrons. The zero-order chi connectivity index (χ0) is 11.0. The third kappa shape index (κ3) is 3.21. The van der Waals surface area contributed by atoms with Gasteiger partial charge in [-0.2, -0.15) is 5.11 Å². The van der Waals surface area contributed by atoms with Crippen LogP contribution in [0, 0.1) is 0 Å². The number of primary amides is 1. The van der Waals surface area contributed by atoms with E-state index in [4.69, 9.17) is 5.73 Å². The van der Waals surface area contributed by atoms with Gasteiger partial charge in [0.25, 0.3) is 5.91 Å². The first-order chi connectivity index (χ1) is 6.75. The summed E-state index contributed by atoms with van der Waals surface area (Å²) in [6.07, 6.45) is 1.34. The predicted octanol–water partition coefficient (Wildman–Crippen LogP) is 0.944. The van der Waals surface area contributed by atoms with Gasteiger partial charge in [0.15, 0.2) is 5.82 Å². The summed E-state index contributed by atoms with van der Waals surface area (Å²) in [5.41, 5.74) is 7.63. The van der Waals surface area contributed by atoms with Crippen LogP contribution in [0.3, 0.4) is 0 Å². The van der Waals surface area contributed by atoms with E-state index in [2.05, 4.69) is 25.7 Å². The molecule has 0 atom stereocenters. The first-order valence-corrected chi connectivity index (χ1v) is 4.13. The van der Waals surface area contributed by atoms with E-state index in [1.165, 1.54) is 13.4 Å². The molecule has 1 aromatic rings. The van der Waals surface area contributed by atoms with Gasteiger partial charge in [-0.15, -0.1) is 0 Å². The van der Waals surface area contributed by atoms with E-state index in [1.807, 2.05) is 13.8 Å². The van der Waals surface area contributed by atoms with Crippen molar-refractivity contribution >= 4 is 11.7 Å². The maximum Gasteiger partial charge on any atom is 0.269 e. The molecule has 1 rings (SSSR count). The SMILES string of the molecule is CC.CN=NNc1nc[nH]c1C(N)=O. The van der Waals surface area contributed by atoms with Crippen LogP contribution in [-0.2, 0) is 0 Å². The number of hydrogen-bond donors (Lipinski definition) is 3. The van der Waals surface area contributed by atoms with E-state index >= 15 is 0 Å². The number of nitrogens with two attached hydrogens (primary N) is 1. The number of H-pyrrole nitrogens is 1.